The standard InChI is InChI=1S/C22H21NO2/c1-22(2,3)21(25)23-14-18(16-10-6-4-7-11-16)19(15-23)20(24)17-12-8-5-9-13-17/h4-15H,1-3H3. The first-order chi connectivity index (χ1) is 11.9. The van der Waals surface area contributed by atoms with Crippen molar-refractivity contribution in [2.24, 2.45) is 5.41 Å². The van der Waals surface area contributed by atoms with E-state index in [0.29, 0.717) is 11.1 Å². The Bertz CT molecular complexity index is 900. The van der Waals surface area contributed by atoms with Crippen molar-refractivity contribution in [1.82, 2.24) is 4.57 Å². The predicted octanol–water partition coefficient (Wildman–Crippen LogP) is 5.07. The molecule has 126 valence electrons. The van der Waals surface area contributed by atoms with Gasteiger partial charge in [-0.1, -0.05) is 81.4 Å². The molecular formula is C22H21NO2. The van der Waals surface area contributed by atoms with Gasteiger partial charge in [0.15, 0.2) is 5.78 Å². The quantitative estimate of drug-likeness (QED) is 0.628. The highest BCUT2D eigenvalue weighted by Gasteiger charge is 2.26. The summed E-state index contributed by atoms with van der Waals surface area (Å²) in [6.07, 6.45) is 3.42. The summed E-state index contributed by atoms with van der Waals surface area (Å²) in [6.45, 7) is 5.61. The molecule has 1 aromatic heterocycles. The van der Waals surface area contributed by atoms with Crippen LogP contribution in [-0.4, -0.2) is 16.3 Å². The van der Waals surface area contributed by atoms with Crippen molar-refractivity contribution >= 4 is 11.7 Å². The van der Waals surface area contributed by atoms with Gasteiger partial charge >= 0.3 is 0 Å². The zero-order valence-corrected chi connectivity index (χ0v) is 14.7. The topological polar surface area (TPSA) is 39.1 Å². The Morgan fingerprint density at radius 3 is 1.92 bits per heavy atom. The average molecular weight is 331 g/mol. The van der Waals surface area contributed by atoms with E-state index in [1.807, 2.05) is 69.3 Å². The molecule has 0 saturated carbocycles. The van der Waals surface area contributed by atoms with E-state index in [4.69, 9.17) is 0 Å². The lowest BCUT2D eigenvalue weighted by Crippen LogP contribution is -2.25. The molecule has 0 N–H and O–H groups in total. The van der Waals surface area contributed by atoms with Gasteiger partial charge in [0.2, 0.25) is 5.91 Å². The van der Waals surface area contributed by atoms with E-state index in [-0.39, 0.29) is 11.7 Å². The van der Waals surface area contributed by atoms with Gasteiger partial charge in [0.05, 0.1) is 0 Å². The number of carbonyl (C=O) groups excluding carboxylic acids is 2. The van der Waals surface area contributed by atoms with Gasteiger partial charge in [-0.15, -0.1) is 0 Å². The van der Waals surface area contributed by atoms with Crippen LogP contribution < -0.4 is 0 Å². The monoisotopic (exact) mass is 331 g/mol. The molecule has 0 radical (unpaired) electrons. The van der Waals surface area contributed by atoms with Gasteiger partial charge in [-0.2, -0.15) is 0 Å². The number of hydrogen-bond acceptors (Lipinski definition) is 2. The first kappa shape index (κ1) is 16.9. The number of hydrogen-bond donors (Lipinski definition) is 0. The second-order valence-electron chi connectivity index (χ2n) is 7.11. The summed E-state index contributed by atoms with van der Waals surface area (Å²) in [5.74, 6) is -0.128. The fraction of sp³-hybridized carbons (Fsp3) is 0.182. The van der Waals surface area contributed by atoms with Crippen molar-refractivity contribution in [3.8, 4) is 11.1 Å². The van der Waals surface area contributed by atoms with E-state index in [1.165, 1.54) is 0 Å². The number of rotatable bonds is 3. The molecule has 3 rings (SSSR count). The van der Waals surface area contributed by atoms with Gasteiger partial charge in [-0.3, -0.25) is 14.2 Å². The van der Waals surface area contributed by atoms with Gasteiger partial charge in [0, 0.05) is 34.5 Å². The van der Waals surface area contributed by atoms with Crippen LogP contribution in [0.2, 0.25) is 0 Å². The molecule has 0 aliphatic rings. The third kappa shape index (κ3) is 3.45. The van der Waals surface area contributed by atoms with Crippen molar-refractivity contribution in [1.29, 1.82) is 0 Å². The number of benzene rings is 2. The van der Waals surface area contributed by atoms with Gasteiger partial charge in [-0.05, 0) is 5.56 Å². The van der Waals surface area contributed by atoms with E-state index in [0.717, 1.165) is 11.1 Å². The predicted molar refractivity (Wildman–Crippen MR) is 99.8 cm³/mol. The second kappa shape index (κ2) is 6.52. The summed E-state index contributed by atoms with van der Waals surface area (Å²) in [6, 6.07) is 18.8. The summed E-state index contributed by atoms with van der Waals surface area (Å²) in [4.78, 5) is 25.7. The number of ketones is 1. The van der Waals surface area contributed by atoms with Gasteiger partial charge in [0.1, 0.15) is 0 Å². The largest absolute Gasteiger partial charge is 0.293 e. The van der Waals surface area contributed by atoms with Crippen LogP contribution in [0.15, 0.2) is 73.1 Å². The number of nitrogens with zero attached hydrogens (tertiary/aromatic N) is 1. The number of carbonyl (C=O) groups is 2. The summed E-state index contributed by atoms with van der Waals surface area (Å²) >= 11 is 0. The van der Waals surface area contributed by atoms with E-state index < -0.39 is 5.41 Å². The molecule has 1 heterocycles. The third-order valence-corrected chi connectivity index (χ3v) is 4.07. The summed E-state index contributed by atoms with van der Waals surface area (Å²) in [5.41, 5.74) is 2.31. The van der Waals surface area contributed by atoms with Crippen molar-refractivity contribution in [3.05, 3.63) is 84.2 Å². The maximum absolute atomic E-state index is 13.0. The molecule has 0 amide bonds. The zero-order valence-electron chi connectivity index (χ0n) is 14.7. The van der Waals surface area contributed by atoms with Gasteiger partial charge in [0.25, 0.3) is 0 Å². The molecule has 0 spiro atoms. The molecule has 0 unspecified atom stereocenters. The second-order valence-corrected chi connectivity index (χ2v) is 7.11. The van der Waals surface area contributed by atoms with E-state index in [9.17, 15) is 9.59 Å². The van der Waals surface area contributed by atoms with Crippen molar-refractivity contribution in [3.63, 3.8) is 0 Å². The highest BCUT2D eigenvalue weighted by atomic mass is 16.2. The Labute approximate surface area is 147 Å². The molecule has 2 aromatic carbocycles. The lowest BCUT2D eigenvalue weighted by atomic mass is 9.96. The lowest BCUT2D eigenvalue weighted by Gasteiger charge is -2.16. The Morgan fingerprint density at radius 2 is 1.36 bits per heavy atom. The maximum atomic E-state index is 13.0. The summed E-state index contributed by atoms with van der Waals surface area (Å²) in [5, 5.41) is 0. The maximum Gasteiger partial charge on any atom is 0.235 e. The Kier molecular flexibility index (Phi) is 4.41. The van der Waals surface area contributed by atoms with E-state index >= 15 is 0 Å². The van der Waals surface area contributed by atoms with Crippen LogP contribution in [0.25, 0.3) is 11.1 Å². The molecule has 3 aromatic rings. The fourth-order valence-corrected chi connectivity index (χ4v) is 2.73. The smallest absolute Gasteiger partial charge is 0.235 e. The summed E-state index contributed by atoms with van der Waals surface area (Å²) in [7, 11) is 0. The molecule has 3 heteroatoms. The van der Waals surface area contributed by atoms with Crippen LogP contribution in [0, 0.1) is 5.41 Å². The molecule has 25 heavy (non-hydrogen) atoms. The molecular weight excluding hydrogens is 310 g/mol. The highest BCUT2D eigenvalue weighted by Crippen LogP contribution is 2.28. The fourth-order valence-electron chi connectivity index (χ4n) is 2.73. The van der Waals surface area contributed by atoms with Crippen LogP contribution in [0.3, 0.4) is 0 Å². The first-order valence-corrected chi connectivity index (χ1v) is 8.30. The molecule has 0 atom stereocenters. The Balaban J connectivity index is 2.14. The third-order valence-electron chi connectivity index (χ3n) is 4.07. The highest BCUT2D eigenvalue weighted by molar-refractivity contribution is 6.13. The molecule has 0 aliphatic heterocycles. The molecule has 0 aliphatic carbocycles. The first-order valence-electron chi connectivity index (χ1n) is 8.30. The zero-order chi connectivity index (χ0) is 18.0. The van der Waals surface area contributed by atoms with Gasteiger partial charge in [-0.25, -0.2) is 0 Å². The Hall–Kier alpha value is -2.94. The molecule has 0 saturated heterocycles. The normalized spacial score (nSPS) is 11.3. The van der Waals surface area contributed by atoms with Gasteiger partial charge < -0.3 is 0 Å². The van der Waals surface area contributed by atoms with Crippen LogP contribution >= 0.6 is 0 Å². The molecule has 3 nitrogen and oxygen atoms in total. The van der Waals surface area contributed by atoms with E-state index in [1.54, 1.807) is 29.1 Å². The van der Waals surface area contributed by atoms with Crippen molar-refractivity contribution in [2.45, 2.75) is 20.8 Å². The van der Waals surface area contributed by atoms with Crippen LogP contribution in [0.1, 0.15) is 41.5 Å². The minimum absolute atomic E-state index is 0.0446. The minimum Gasteiger partial charge on any atom is -0.293 e. The minimum atomic E-state index is -0.528. The Morgan fingerprint density at radius 1 is 0.800 bits per heavy atom. The van der Waals surface area contributed by atoms with Crippen LogP contribution in [0.5, 0.6) is 0 Å². The van der Waals surface area contributed by atoms with Crippen LogP contribution in [-0.2, 0) is 0 Å². The summed E-state index contributed by atoms with van der Waals surface area (Å²) < 4.78 is 1.54. The molecule has 0 fully saturated rings. The van der Waals surface area contributed by atoms with Crippen molar-refractivity contribution in [2.75, 3.05) is 0 Å². The average Bonchev–Trinajstić information content (AvgIpc) is 3.06. The van der Waals surface area contributed by atoms with Crippen molar-refractivity contribution < 1.29 is 9.59 Å². The van der Waals surface area contributed by atoms with E-state index in [2.05, 4.69) is 0 Å². The SMILES string of the molecule is CC(C)(C)C(=O)n1cc(C(=O)c2ccccc2)c(-c2ccccc2)c1. The number of aromatic nitrogens is 1. The van der Waals surface area contributed by atoms with Crippen LogP contribution in [0.4, 0.5) is 0 Å². The lowest BCUT2D eigenvalue weighted by molar-refractivity contribution is 0.0767. The molecule has 0 bridgehead atoms.